The molecule has 0 saturated heterocycles. The number of carbonyl (C=O) groups excluding carboxylic acids is 2. The summed E-state index contributed by atoms with van der Waals surface area (Å²) in [7, 11) is 1.67. The van der Waals surface area contributed by atoms with Gasteiger partial charge in [0.1, 0.15) is 6.61 Å². The molecule has 0 radical (unpaired) electrons. The number of ether oxygens (including phenoxy) is 2. The van der Waals surface area contributed by atoms with E-state index in [1.54, 1.807) is 13.2 Å². The fraction of sp³-hybridized carbons (Fsp3) is 0.700. The summed E-state index contributed by atoms with van der Waals surface area (Å²) in [6.45, 7) is 0.252. The minimum atomic E-state index is -0.463. The van der Waals surface area contributed by atoms with Gasteiger partial charge in [-0.1, -0.05) is 24.8 Å². The lowest BCUT2D eigenvalue weighted by atomic mass is 9.84. The number of hydrogen-bond acceptors (Lipinski definition) is 6. The Kier molecular flexibility index (Phi) is 8.79. The minimum absolute atomic E-state index is 0.0297. The molecule has 0 aliphatic heterocycles. The summed E-state index contributed by atoms with van der Waals surface area (Å²) < 4.78 is 11.2. The van der Waals surface area contributed by atoms with Crippen molar-refractivity contribution < 1.29 is 23.9 Å². The predicted octanol–water partition coefficient (Wildman–Crippen LogP) is 1.47. The Bertz CT molecular complexity index is 571. The van der Waals surface area contributed by atoms with E-state index in [0.29, 0.717) is 6.42 Å². The Balaban J connectivity index is 1.88. The molecule has 2 rings (SSSR count). The van der Waals surface area contributed by atoms with E-state index in [0.717, 1.165) is 38.5 Å². The van der Waals surface area contributed by atoms with E-state index in [1.807, 2.05) is 6.08 Å². The second kappa shape index (κ2) is 11.1. The number of allylic oxidation sites excluding steroid dienone is 1. The molecular weight excluding hydrogens is 348 g/mol. The number of terminal acetylenes is 1. The molecule has 150 valence electrons. The highest BCUT2D eigenvalue weighted by Crippen LogP contribution is 2.29. The van der Waals surface area contributed by atoms with Gasteiger partial charge in [-0.05, 0) is 44.1 Å². The van der Waals surface area contributed by atoms with E-state index < -0.39 is 5.97 Å². The lowest BCUT2D eigenvalue weighted by Crippen LogP contribution is -2.45. The number of hydrogen-bond donors (Lipinski definition) is 2. The maximum Gasteiger partial charge on any atom is 0.329 e. The van der Waals surface area contributed by atoms with Gasteiger partial charge in [-0.2, -0.15) is 5.90 Å². The average Bonchev–Trinajstić information content (AvgIpc) is 2.70. The molecule has 0 spiro atoms. The third-order valence-corrected chi connectivity index (χ3v) is 5.49. The molecule has 5 atom stereocenters. The molecule has 0 aromatic rings. The van der Waals surface area contributed by atoms with E-state index in [2.05, 4.69) is 16.1 Å². The molecule has 0 heterocycles. The summed E-state index contributed by atoms with van der Waals surface area (Å²) in [5, 5.41) is 2.92. The van der Waals surface area contributed by atoms with Gasteiger partial charge in [0.25, 0.3) is 0 Å². The minimum Gasteiger partial charge on any atom is -0.379 e. The molecule has 2 aliphatic carbocycles. The van der Waals surface area contributed by atoms with Crippen molar-refractivity contribution in [2.75, 3.05) is 13.7 Å². The lowest BCUT2D eigenvalue weighted by molar-refractivity contribution is -0.151. The van der Waals surface area contributed by atoms with Crippen LogP contribution >= 0.6 is 0 Å². The Morgan fingerprint density at radius 1 is 1.22 bits per heavy atom. The normalized spacial score (nSPS) is 31.2. The van der Waals surface area contributed by atoms with Crippen LogP contribution in [0.4, 0.5) is 0 Å². The van der Waals surface area contributed by atoms with Gasteiger partial charge in [0.2, 0.25) is 5.91 Å². The first-order chi connectivity index (χ1) is 13.1. The van der Waals surface area contributed by atoms with Crippen molar-refractivity contribution in [3.8, 4) is 12.3 Å². The highest BCUT2D eigenvalue weighted by molar-refractivity contribution is 5.88. The lowest BCUT2D eigenvalue weighted by Gasteiger charge is -2.33. The molecule has 1 amide bonds. The van der Waals surface area contributed by atoms with E-state index in [4.69, 9.17) is 21.8 Å². The van der Waals surface area contributed by atoms with Gasteiger partial charge in [-0.15, -0.1) is 6.42 Å². The third-order valence-electron chi connectivity index (χ3n) is 5.49. The van der Waals surface area contributed by atoms with Crippen LogP contribution in [0.3, 0.4) is 0 Å². The fourth-order valence-electron chi connectivity index (χ4n) is 4.03. The maximum absolute atomic E-state index is 12.3. The van der Waals surface area contributed by atoms with Crippen LogP contribution in [-0.2, 0) is 23.9 Å². The molecular formula is C20H30N2O5. The van der Waals surface area contributed by atoms with Crippen molar-refractivity contribution in [2.45, 2.75) is 63.2 Å². The zero-order chi connectivity index (χ0) is 19.6. The molecule has 2 aliphatic rings. The summed E-state index contributed by atoms with van der Waals surface area (Å²) >= 11 is 0. The first-order valence-corrected chi connectivity index (χ1v) is 9.56. The first-order valence-electron chi connectivity index (χ1n) is 9.56. The number of carbonyl (C=O) groups is 2. The number of amides is 1. The summed E-state index contributed by atoms with van der Waals surface area (Å²) in [6.07, 6.45) is 14.6. The number of rotatable bonds is 7. The van der Waals surface area contributed by atoms with Gasteiger partial charge in [0.05, 0.1) is 18.1 Å². The zero-order valence-corrected chi connectivity index (χ0v) is 15.9. The predicted molar refractivity (Wildman–Crippen MR) is 100 cm³/mol. The average molecular weight is 378 g/mol. The van der Waals surface area contributed by atoms with Crippen molar-refractivity contribution in [2.24, 2.45) is 17.7 Å². The molecule has 0 bridgehead atoms. The molecule has 2 fully saturated rings. The van der Waals surface area contributed by atoms with Crippen LogP contribution < -0.4 is 11.2 Å². The van der Waals surface area contributed by atoms with Crippen LogP contribution in [0, 0.1) is 24.2 Å². The third kappa shape index (κ3) is 6.35. The van der Waals surface area contributed by atoms with Gasteiger partial charge >= 0.3 is 5.97 Å². The van der Waals surface area contributed by atoms with Crippen LogP contribution in [-0.4, -0.2) is 43.8 Å². The highest BCUT2D eigenvalue weighted by Gasteiger charge is 2.33. The quantitative estimate of drug-likeness (QED) is 0.395. The Hall–Kier alpha value is -1.88. The van der Waals surface area contributed by atoms with Crippen LogP contribution in [0.1, 0.15) is 44.9 Å². The summed E-state index contributed by atoms with van der Waals surface area (Å²) in [6, 6.07) is -0.233. The second-order valence-corrected chi connectivity index (χ2v) is 7.20. The van der Waals surface area contributed by atoms with E-state index in [1.165, 1.54) is 0 Å². The van der Waals surface area contributed by atoms with Crippen molar-refractivity contribution in [1.29, 1.82) is 0 Å². The van der Waals surface area contributed by atoms with E-state index in [9.17, 15) is 9.59 Å². The van der Waals surface area contributed by atoms with Crippen molar-refractivity contribution >= 4 is 11.9 Å². The molecule has 0 aromatic carbocycles. The number of methoxy groups -OCH3 is 1. The SMILES string of the molecule is C#CCOC1CC(/C=C/C(=O)NC2CCCCC2C(=O)ON)CCC1OC. The topological polar surface area (TPSA) is 99.9 Å². The molecule has 3 N–H and O–H groups in total. The molecule has 2 saturated carbocycles. The Morgan fingerprint density at radius 2 is 2.00 bits per heavy atom. The van der Waals surface area contributed by atoms with Gasteiger partial charge in [-0.3, -0.25) is 4.79 Å². The second-order valence-electron chi connectivity index (χ2n) is 7.20. The fourth-order valence-corrected chi connectivity index (χ4v) is 4.03. The smallest absolute Gasteiger partial charge is 0.329 e. The van der Waals surface area contributed by atoms with Crippen LogP contribution in [0.5, 0.6) is 0 Å². The molecule has 5 unspecified atom stereocenters. The van der Waals surface area contributed by atoms with Gasteiger partial charge in [0.15, 0.2) is 0 Å². The van der Waals surface area contributed by atoms with Gasteiger partial charge in [0, 0.05) is 13.2 Å². The Morgan fingerprint density at radius 3 is 2.70 bits per heavy atom. The monoisotopic (exact) mass is 378 g/mol. The highest BCUT2D eigenvalue weighted by atomic mass is 16.7. The van der Waals surface area contributed by atoms with E-state index in [-0.39, 0.29) is 42.6 Å². The van der Waals surface area contributed by atoms with Gasteiger partial charge < -0.3 is 19.6 Å². The molecule has 7 heteroatoms. The van der Waals surface area contributed by atoms with Gasteiger partial charge in [-0.25, -0.2) is 4.79 Å². The molecule has 7 nitrogen and oxygen atoms in total. The van der Waals surface area contributed by atoms with Crippen LogP contribution in [0.2, 0.25) is 0 Å². The number of nitrogens with one attached hydrogen (secondary N) is 1. The molecule has 0 aromatic heterocycles. The Labute approximate surface area is 160 Å². The van der Waals surface area contributed by atoms with Crippen molar-refractivity contribution in [3.05, 3.63) is 12.2 Å². The zero-order valence-electron chi connectivity index (χ0n) is 15.9. The maximum atomic E-state index is 12.3. The van der Waals surface area contributed by atoms with Crippen LogP contribution in [0.15, 0.2) is 12.2 Å². The summed E-state index contributed by atoms with van der Waals surface area (Å²) in [5.74, 6) is 6.68. The van der Waals surface area contributed by atoms with Crippen molar-refractivity contribution in [1.82, 2.24) is 5.32 Å². The van der Waals surface area contributed by atoms with E-state index >= 15 is 0 Å². The van der Waals surface area contributed by atoms with Crippen LogP contribution in [0.25, 0.3) is 0 Å². The summed E-state index contributed by atoms with van der Waals surface area (Å²) in [4.78, 5) is 28.5. The molecule has 27 heavy (non-hydrogen) atoms. The largest absolute Gasteiger partial charge is 0.379 e. The first kappa shape index (κ1) is 21.4. The standard InChI is InChI=1S/C20H30N2O5/c1-3-12-26-18-13-14(8-10-17(18)25-2)9-11-19(23)22-16-7-5-4-6-15(16)20(24)27-21/h1,9,11,14-18H,4-8,10,12-13,21H2,2H3,(H,22,23)/b11-9+. The summed E-state index contributed by atoms with van der Waals surface area (Å²) in [5.41, 5.74) is 0. The van der Waals surface area contributed by atoms with Crippen molar-refractivity contribution in [3.63, 3.8) is 0 Å². The number of nitrogens with two attached hydrogens (primary N) is 1.